The third-order valence-corrected chi connectivity index (χ3v) is 6.75. The van der Waals surface area contributed by atoms with E-state index in [2.05, 4.69) is 10.4 Å². The van der Waals surface area contributed by atoms with E-state index >= 15 is 0 Å². The third-order valence-electron chi connectivity index (χ3n) is 6.75. The van der Waals surface area contributed by atoms with E-state index in [1.807, 2.05) is 51.1 Å². The van der Waals surface area contributed by atoms with Crippen molar-refractivity contribution in [2.45, 2.75) is 59.0 Å². The van der Waals surface area contributed by atoms with Gasteiger partial charge in [0.05, 0.1) is 18.7 Å². The van der Waals surface area contributed by atoms with Crippen LogP contribution >= 0.6 is 0 Å². The van der Waals surface area contributed by atoms with Crippen LogP contribution in [0.5, 0.6) is 11.5 Å². The summed E-state index contributed by atoms with van der Waals surface area (Å²) in [5.41, 5.74) is 3.76. The van der Waals surface area contributed by atoms with Gasteiger partial charge in [-0.05, 0) is 37.5 Å². The maximum Gasteiger partial charge on any atom is 0.310 e. The molecule has 1 atom stereocenters. The van der Waals surface area contributed by atoms with Crippen molar-refractivity contribution in [2.75, 3.05) is 25.3 Å². The number of benzene rings is 2. The third kappa shape index (κ3) is 6.62. The highest BCUT2D eigenvalue weighted by atomic mass is 16.7. The van der Waals surface area contributed by atoms with Gasteiger partial charge in [0.25, 0.3) is 0 Å². The molecule has 2 heterocycles. The molecule has 2 aromatic carbocycles. The van der Waals surface area contributed by atoms with Gasteiger partial charge in [-0.3, -0.25) is 19.1 Å². The van der Waals surface area contributed by atoms with Crippen molar-refractivity contribution < 1.29 is 28.6 Å². The molecule has 0 fully saturated rings. The van der Waals surface area contributed by atoms with E-state index in [1.54, 1.807) is 36.9 Å². The monoisotopic (exact) mass is 548 g/mol. The van der Waals surface area contributed by atoms with Crippen LogP contribution in [-0.4, -0.2) is 54.1 Å². The number of amides is 2. The maximum atomic E-state index is 13.7. The number of fused-ring (bicyclic) bond motifs is 1. The maximum absolute atomic E-state index is 13.7. The molecule has 4 rings (SSSR count). The molecule has 0 saturated heterocycles. The molecule has 0 spiro atoms. The molecule has 10 heteroatoms. The fourth-order valence-corrected chi connectivity index (χ4v) is 4.86. The van der Waals surface area contributed by atoms with E-state index in [4.69, 9.17) is 14.2 Å². The molecule has 0 radical (unpaired) electrons. The van der Waals surface area contributed by atoms with Crippen molar-refractivity contribution in [3.63, 3.8) is 0 Å². The first-order valence-corrected chi connectivity index (χ1v) is 13.4. The van der Waals surface area contributed by atoms with Crippen LogP contribution in [0.25, 0.3) is 0 Å². The van der Waals surface area contributed by atoms with Crippen LogP contribution in [0.15, 0.2) is 48.5 Å². The second kappa shape index (κ2) is 12.7. The first kappa shape index (κ1) is 28.7. The number of rotatable bonds is 11. The Morgan fingerprint density at radius 2 is 1.82 bits per heavy atom. The number of esters is 1. The standard InChI is InChI=1S/C30H36N4O6/c1-6-38-28(36)16-23-20(4)32-34(29(23)19(2)3)17-27(35)31-24(14-21-10-8-7-9-11-21)30(37)33(5)22-12-13-25-26(15-22)40-18-39-25/h7-13,15,19,24H,6,14,16-18H2,1-5H3,(H,31,35)/t24-/m0/s1. The molecule has 3 aromatic rings. The lowest BCUT2D eigenvalue weighted by atomic mass is 10.0. The average Bonchev–Trinajstić information content (AvgIpc) is 3.51. The average molecular weight is 549 g/mol. The van der Waals surface area contributed by atoms with Gasteiger partial charge in [-0.2, -0.15) is 5.10 Å². The number of nitrogens with zero attached hydrogens (tertiary/aromatic N) is 3. The van der Waals surface area contributed by atoms with E-state index in [-0.39, 0.29) is 43.5 Å². The summed E-state index contributed by atoms with van der Waals surface area (Å²) in [5, 5.41) is 7.50. The van der Waals surface area contributed by atoms with Gasteiger partial charge in [-0.1, -0.05) is 44.2 Å². The number of likely N-dealkylation sites (N-methyl/N-ethyl adjacent to an activating group) is 1. The van der Waals surface area contributed by atoms with Crippen molar-refractivity contribution in [2.24, 2.45) is 0 Å². The van der Waals surface area contributed by atoms with Crippen LogP contribution in [0.4, 0.5) is 5.69 Å². The topological polar surface area (TPSA) is 112 Å². The molecule has 2 amide bonds. The highest BCUT2D eigenvalue weighted by Crippen LogP contribution is 2.35. The molecule has 10 nitrogen and oxygen atoms in total. The van der Waals surface area contributed by atoms with Gasteiger partial charge < -0.3 is 24.4 Å². The largest absolute Gasteiger partial charge is 0.466 e. The Bertz CT molecular complexity index is 1370. The molecule has 1 aliphatic rings. The zero-order valence-electron chi connectivity index (χ0n) is 23.6. The predicted octanol–water partition coefficient (Wildman–Crippen LogP) is 3.54. The van der Waals surface area contributed by atoms with Crippen molar-refractivity contribution in [1.29, 1.82) is 0 Å². The summed E-state index contributed by atoms with van der Waals surface area (Å²) in [4.78, 5) is 40.8. The van der Waals surface area contributed by atoms with Gasteiger partial charge in [-0.25, -0.2) is 0 Å². The fourth-order valence-electron chi connectivity index (χ4n) is 4.86. The minimum Gasteiger partial charge on any atom is -0.466 e. The van der Waals surface area contributed by atoms with Gasteiger partial charge in [0, 0.05) is 36.5 Å². The van der Waals surface area contributed by atoms with Gasteiger partial charge in [-0.15, -0.1) is 0 Å². The lowest BCUT2D eigenvalue weighted by molar-refractivity contribution is -0.142. The Balaban J connectivity index is 1.55. The van der Waals surface area contributed by atoms with Gasteiger partial charge >= 0.3 is 5.97 Å². The quantitative estimate of drug-likeness (QED) is 0.365. The van der Waals surface area contributed by atoms with Crippen molar-refractivity contribution in [3.05, 3.63) is 71.0 Å². The Morgan fingerprint density at radius 1 is 1.10 bits per heavy atom. The highest BCUT2D eigenvalue weighted by molar-refractivity contribution is 5.99. The lowest BCUT2D eigenvalue weighted by Crippen LogP contribution is -2.49. The Hall–Kier alpha value is -4.34. The fraction of sp³-hybridized carbons (Fsp3) is 0.400. The molecule has 40 heavy (non-hydrogen) atoms. The zero-order valence-corrected chi connectivity index (χ0v) is 23.6. The summed E-state index contributed by atoms with van der Waals surface area (Å²) in [7, 11) is 1.67. The van der Waals surface area contributed by atoms with Crippen LogP contribution in [0, 0.1) is 6.92 Å². The van der Waals surface area contributed by atoms with E-state index in [1.165, 1.54) is 4.90 Å². The molecular weight excluding hydrogens is 512 g/mol. The van der Waals surface area contributed by atoms with Crippen molar-refractivity contribution in [3.8, 4) is 11.5 Å². The summed E-state index contributed by atoms with van der Waals surface area (Å²) in [6, 6.07) is 14.0. The number of ether oxygens (including phenoxy) is 3. The first-order valence-electron chi connectivity index (χ1n) is 13.4. The van der Waals surface area contributed by atoms with Crippen LogP contribution in [0.1, 0.15) is 49.2 Å². The number of anilines is 1. The highest BCUT2D eigenvalue weighted by Gasteiger charge is 2.28. The number of hydrogen-bond donors (Lipinski definition) is 1. The molecular formula is C30H36N4O6. The summed E-state index contributed by atoms with van der Waals surface area (Å²) in [5.74, 6) is 0.223. The SMILES string of the molecule is CCOC(=O)Cc1c(C)nn(CC(=O)N[C@@H](Cc2ccccc2)C(=O)N(C)c2ccc3c(c2)OCO3)c1C(C)C. The van der Waals surface area contributed by atoms with Crippen molar-refractivity contribution in [1.82, 2.24) is 15.1 Å². The van der Waals surface area contributed by atoms with Gasteiger partial charge in [0.2, 0.25) is 18.6 Å². The molecule has 1 N–H and O–H groups in total. The summed E-state index contributed by atoms with van der Waals surface area (Å²) < 4.78 is 17.6. The van der Waals surface area contributed by atoms with Crippen LogP contribution in [-0.2, 0) is 38.5 Å². The van der Waals surface area contributed by atoms with Crippen LogP contribution in [0.3, 0.4) is 0 Å². The molecule has 0 aliphatic carbocycles. The zero-order chi connectivity index (χ0) is 28.8. The number of carbonyl (C=O) groups excluding carboxylic acids is 3. The molecule has 0 unspecified atom stereocenters. The molecule has 0 bridgehead atoms. The van der Waals surface area contributed by atoms with E-state index < -0.39 is 6.04 Å². The summed E-state index contributed by atoms with van der Waals surface area (Å²) in [6.45, 7) is 7.89. The molecule has 212 valence electrons. The first-order chi connectivity index (χ1) is 19.2. The number of nitrogens with one attached hydrogen (secondary N) is 1. The summed E-state index contributed by atoms with van der Waals surface area (Å²) in [6.07, 6.45) is 0.397. The smallest absolute Gasteiger partial charge is 0.310 e. The number of aryl methyl sites for hydroxylation is 1. The second-order valence-electron chi connectivity index (χ2n) is 9.99. The molecule has 1 aliphatic heterocycles. The molecule has 1 aromatic heterocycles. The van der Waals surface area contributed by atoms with Gasteiger partial charge in [0.1, 0.15) is 12.6 Å². The Labute approximate surface area is 234 Å². The van der Waals surface area contributed by atoms with Crippen LogP contribution < -0.4 is 19.7 Å². The normalized spacial score (nSPS) is 12.8. The Morgan fingerprint density at radius 3 is 2.52 bits per heavy atom. The summed E-state index contributed by atoms with van der Waals surface area (Å²) >= 11 is 0. The number of aromatic nitrogens is 2. The van der Waals surface area contributed by atoms with Crippen molar-refractivity contribution >= 4 is 23.5 Å². The predicted molar refractivity (Wildman–Crippen MR) is 149 cm³/mol. The molecule has 0 saturated carbocycles. The van der Waals surface area contributed by atoms with Gasteiger partial charge in [0.15, 0.2) is 11.5 Å². The lowest BCUT2D eigenvalue weighted by Gasteiger charge is -2.25. The minimum atomic E-state index is -0.830. The number of carbonyl (C=O) groups is 3. The Kier molecular flexibility index (Phi) is 9.08. The number of hydrogen-bond acceptors (Lipinski definition) is 7. The van der Waals surface area contributed by atoms with E-state index in [0.29, 0.717) is 35.9 Å². The van der Waals surface area contributed by atoms with E-state index in [0.717, 1.165) is 16.8 Å². The second-order valence-corrected chi connectivity index (χ2v) is 9.99. The minimum absolute atomic E-state index is 0.0114. The van der Waals surface area contributed by atoms with E-state index in [9.17, 15) is 14.4 Å². The van der Waals surface area contributed by atoms with Crippen LogP contribution in [0.2, 0.25) is 0 Å².